The van der Waals surface area contributed by atoms with Gasteiger partial charge < -0.3 is 15.0 Å². The summed E-state index contributed by atoms with van der Waals surface area (Å²) in [5.74, 6) is -0.609. The normalized spacial score (nSPS) is 15.1. The lowest BCUT2D eigenvalue weighted by atomic mass is 10.1. The summed E-state index contributed by atoms with van der Waals surface area (Å²) in [7, 11) is -2.67. The molecular weight excluding hydrogens is 523 g/mol. The van der Waals surface area contributed by atoms with E-state index < -0.39 is 46.2 Å². The summed E-state index contributed by atoms with van der Waals surface area (Å²) in [6, 6.07) is 9.62. The van der Waals surface area contributed by atoms with Crippen molar-refractivity contribution < 1.29 is 35.9 Å². The summed E-state index contributed by atoms with van der Waals surface area (Å²) in [4.78, 5) is 27.9. The predicted octanol–water partition coefficient (Wildman–Crippen LogP) is 3.96. The van der Waals surface area contributed by atoms with E-state index in [0.717, 1.165) is 44.1 Å². The standard InChI is InChI=1S/C26H32F3N3O5S/c1-18(25(34)30-21-10-4-5-11-21)31(16-19-8-6-13-23(14-19)37-2)24(33)17-32(38(3,35)36)22-12-7-9-20(15-22)26(27,28)29/h6-9,12-15,18,21H,4-5,10-11,16-17H2,1-3H3,(H,30,34)/t18-/m1/s1. The topological polar surface area (TPSA) is 96.0 Å². The first-order valence-electron chi connectivity index (χ1n) is 12.2. The Morgan fingerprint density at radius 2 is 1.76 bits per heavy atom. The van der Waals surface area contributed by atoms with E-state index in [-0.39, 0.29) is 18.3 Å². The average Bonchev–Trinajstić information content (AvgIpc) is 3.37. The number of hydrogen-bond donors (Lipinski definition) is 1. The van der Waals surface area contributed by atoms with Crippen molar-refractivity contribution in [3.05, 3.63) is 59.7 Å². The number of hydrogen-bond acceptors (Lipinski definition) is 5. The Bertz CT molecular complexity index is 1250. The van der Waals surface area contributed by atoms with Gasteiger partial charge in [0.2, 0.25) is 21.8 Å². The van der Waals surface area contributed by atoms with Crippen molar-refractivity contribution >= 4 is 27.5 Å². The molecule has 3 rings (SSSR count). The van der Waals surface area contributed by atoms with Crippen LogP contribution in [-0.4, -0.2) is 57.1 Å². The number of nitrogens with zero attached hydrogens (tertiary/aromatic N) is 2. The lowest BCUT2D eigenvalue weighted by Crippen LogP contribution is -2.52. The SMILES string of the molecule is COc1cccc(CN(C(=O)CN(c2cccc(C(F)(F)F)c2)S(C)(=O)=O)[C@H](C)C(=O)NC2CCCC2)c1. The first-order chi connectivity index (χ1) is 17.8. The summed E-state index contributed by atoms with van der Waals surface area (Å²) < 4.78 is 70.9. The predicted molar refractivity (Wildman–Crippen MR) is 137 cm³/mol. The molecule has 2 amide bonds. The molecule has 1 N–H and O–H groups in total. The maximum absolute atomic E-state index is 13.6. The van der Waals surface area contributed by atoms with Gasteiger partial charge in [-0.1, -0.05) is 31.0 Å². The molecule has 1 aliphatic rings. The molecule has 2 aromatic carbocycles. The molecule has 0 heterocycles. The molecule has 1 atom stereocenters. The van der Waals surface area contributed by atoms with E-state index >= 15 is 0 Å². The number of halogens is 3. The molecule has 0 spiro atoms. The largest absolute Gasteiger partial charge is 0.497 e. The van der Waals surface area contributed by atoms with E-state index in [1.165, 1.54) is 25.0 Å². The van der Waals surface area contributed by atoms with Crippen LogP contribution in [0.1, 0.15) is 43.7 Å². The van der Waals surface area contributed by atoms with Gasteiger partial charge in [0.05, 0.1) is 24.6 Å². The van der Waals surface area contributed by atoms with E-state index in [2.05, 4.69) is 5.32 Å². The average molecular weight is 556 g/mol. The second-order valence-electron chi connectivity index (χ2n) is 9.36. The summed E-state index contributed by atoms with van der Waals surface area (Å²) >= 11 is 0. The van der Waals surface area contributed by atoms with Crippen molar-refractivity contribution in [2.24, 2.45) is 0 Å². The van der Waals surface area contributed by atoms with Crippen LogP contribution in [0.25, 0.3) is 0 Å². The number of benzene rings is 2. The molecule has 38 heavy (non-hydrogen) atoms. The highest BCUT2D eigenvalue weighted by Crippen LogP contribution is 2.32. The number of anilines is 1. The van der Waals surface area contributed by atoms with Gasteiger partial charge in [0, 0.05) is 12.6 Å². The molecule has 8 nitrogen and oxygen atoms in total. The number of sulfonamides is 1. The van der Waals surface area contributed by atoms with Crippen molar-refractivity contribution in [2.45, 2.75) is 57.4 Å². The fourth-order valence-electron chi connectivity index (χ4n) is 4.39. The number of nitrogens with one attached hydrogen (secondary N) is 1. The molecule has 0 aliphatic heterocycles. The summed E-state index contributed by atoms with van der Waals surface area (Å²) in [6.07, 6.45) is -0.241. The third-order valence-corrected chi connectivity index (χ3v) is 7.64. The van der Waals surface area contributed by atoms with E-state index in [1.54, 1.807) is 24.3 Å². The summed E-state index contributed by atoms with van der Waals surface area (Å²) in [5.41, 5.74) is -0.725. The first-order valence-corrected chi connectivity index (χ1v) is 14.0. The highest BCUT2D eigenvalue weighted by molar-refractivity contribution is 7.92. The minimum absolute atomic E-state index is 0.00338. The van der Waals surface area contributed by atoms with Gasteiger partial charge in [-0.3, -0.25) is 13.9 Å². The number of alkyl halides is 3. The van der Waals surface area contributed by atoms with E-state index in [0.29, 0.717) is 21.7 Å². The molecule has 12 heteroatoms. The maximum atomic E-state index is 13.6. The number of carbonyl (C=O) groups excluding carboxylic acids is 2. The third kappa shape index (κ3) is 7.62. The molecular formula is C26H32F3N3O5S. The fraction of sp³-hybridized carbons (Fsp3) is 0.462. The molecule has 0 radical (unpaired) electrons. The van der Waals surface area contributed by atoms with Crippen molar-refractivity contribution in [3.63, 3.8) is 0 Å². The van der Waals surface area contributed by atoms with Crippen LogP contribution in [-0.2, 0) is 32.3 Å². The Hall–Kier alpha value is -3.28. The molecule has 0 aromatic heterocycles. The third-order valence-electron chi connectivity index (χ3n) is 6.50. The Kier molecular flexibility index (Phi) is 9.29. The molecule has 208 valence electrons. The lowest BCUT2D eigenvalue weighted by Gasteiger charge is -2.32. The number of methoxy groups -OCH3 is 1. The van der Waals surface area contributed by atoms with Crippen LogP contribution in [0.3, 0.4) is 0 Å². The second-order valence-corrected chi connectivity index (χ2v) is 11.3. The van der Waals surface area contributed by atoms with E-state index in [1.807, 2.05) is 0 Å². The van der Waals surface area contributed by atoms with Gasteiger partial charge in [-0.25, -0.2) is 8.42 Å². The molecule has 1 fully saturated rings. The van der Waals surface area contributed by atoms with Gasteiger partial charge in [-0.05, 0) is 55.7 Å². The minimum atomic E-state index is -4.70. The lowest BCUT2D eigenvalue weighted by molar-refractivity contribution is -0.139. The number of rotatable bonds is 10. The van der Waals surface area contributed by atoms with Crippen LogP contribution in [0.4, 0.5) is 18.9 Å². The second kappa shape index (κ2) is 12.1. The van der Waals surface area contributed by atoms with Gasteiger partial charge in [0.25, 0.3) is 0 Å². The summed E-state index contributed by atoms with van der Waals surface area (Å²) in [6.45, 7) is 0.706. The van der Waals surface area contributed by atoms with Crippen LogP contribution in [0.15, 0.2) is 48.5 Å². The number of carbonyl (C=O) groups is 2. The van der Waals surface area contributed by atoms with Crippen molar-refractivity contribution in [1.29, 1.82) is 0 Å². The van der Waals surface area contributed by atoms with Gasteiger partial charge in [0.15, 0.2) is 0 Å². The number of ether oxygens (including phenoxy) is 1. The molecule has 2 aromatic rings. The molecule has 1 aliphatic carbocycles. The van der Waals surface area contributed by atoms with Crippen LogP contribution in [0, 0.1) is 0 Å². The Morgan fingerprint density at radius 3 is 2.37 bits per heavy atom. The highest BCUT2D eigenvalue weighted by Gasteiger charge is 2.34. The fourth-order valence-corrected chi connectivity index (χ4v) is 5.23. The van der Waals surface area contributed by atoms with Crippen LogP contribution < -0.4 is 14.4 Å². The van der Waals surface area contributed by atoms with Gasteiger partial charge >= 0.3 is 6.18 Å². The van der Waals surface area contributed by atoms with Gasteiger partial charge in [-0.15, -0.1) is 0 Å². The Balaban J connectivity index is 1.93. The monoisotopic (exact) mass is 555 g/mol. The van der Waals surface area contributed by atoms with E-state index in [9.17, 15) is 31.2 Å². The molecule has 1 saturated carbocycles. The zero-order valence-electron chi connectivity index (χ0n) is 21.5. The highest BCUT2D eigenvalue weighted by atomic mass is 32.2. The van der Waals surface area contributed by atoms with Crippen molar-refractivity contribution in [3.8, 4) is 5.75 Å². The van der Waals surface area contributed by atoms with Crippen molar-refractivity contribution in [2.75, 3.05) is 24.2 Å². The Labute approximate surface area is 220 Å². The zero-order chi connectivity index (χ0) is 28.1. The zero-order valence-corrected chi connectivity index (χ0v) is 22.3. The summed E-state index contributed by atoms with van der Waals surface area (Å²) in [5, 5.41) is 2.95. The van der Waals surface area contributed by atoms with Gasteiger partial charge in [-0.2, -0.15) is 13.2 Å². The minimum Gasteiger partial charge on any atom is -0.497 e. The van der Waals surface area contributed by atoms with Crippen LogP contribution >= 0.6 is 0 Å². The van der Waals surface area contributed by atoms with Gasteiger partial charge in [0.1, 0.15) is 18.3 Å². The molecule has 0 unspecified atom stereocenters. The smallest absolute Gasteiger partial charge is 0.416 e. The van der Waals surface area contributed by atoms with Crippen molar-refractivity contribution in [1.82, 2.24) is 10.2 Å². The molecule has 0 saturated heterocycles. The Morgan fingerprint density at radius 1 is 1.11 bits per heavy atom. The van der Waals surface area contributed by atoms with Crippen LogP contribution in [0.2, 0.25) is 0 Å². The quantitative estimate of drug-likeness (QED) is 0.479. The maximum Gasteiger partial charge on any atom is 0.416 e. The number of amides is 2. The molecule has 0 bridgehead atoms. The first kappa shape index (κ1) is 29.3. The van der Waals surface area contributed by atoms with Crippen LogP contribution in [0.5, 0.6) is 5.75 Å². The van der Waals surface area contributed by atoms with E-state index in [4.69, 9.17) is 4.74 Å².